The second-order valence-corrected chi connectivity index (χ2v) is 8.54. The van der Waals surface area contributed by atoms with Gasteiger partial charge in [0.05, 0.1) is 6.54 Å². The number of rotatable bonds is 6. The molecule has 1 amide bonds. The van der Waals surface area contributed by atoms with Crippen molar-refractivity contribution in [3.8, 4) is 5.75 Å². The van der Waals surface area contributed by atoms with Crippen LogP contribution in [0.3, 0.4) is 0 Å². The molecule has 0 aliphatic carbocycles. The van der Waals surface area contributed by atoms with Crippen molar-refractivity contribution >= 4 is 29.3 Å². The minimum Gasteiger partial charge on any atom is -0.489 e. The predicted octanol–water partition coefficient (Wildman–Crippen LogP) is 3.44. The fourth-order valence-electron chi connectivity index (χ4n) is 3.51. The highest BCUT2D eigenvalue weighted by atomic mass is 35.5. The van der Waals surface area contributed by atoms with Crippen LogP contribution in [0.5, 0.6) is 5.75 Å². The van der Waals surface area contributed by atoms with Crippen molar-refractivity contribution in [2.75, 3.05) is 31.1 Å². The summed E-state index contributed by atoms with van der Waals surface area (Å²) in [5, 5.41) is 3.75. The van der Waals surface area contributed by atoms with Crippen LogP contribution in [0.15, 0.2) is 24.3 Å². The number of hydrogen-bond donors (Lipinski definition) is 1. The Morgan fingerprint density at radius 1 is 1.32 bits per heavy atom. The SMILES string of the molecule is C[C@H](CNC(=O)C1CCN([C@H]2CCSC2)CC1)Oc1ccc(Cl)cc1. The van der Waals surface area contributed by atoms with Crippen LogP contribution in [0.1, 0.15) is 26.2 Å². The van der Waals surface area contributed by atoms with E-state index in [2.05, 4.69) is 22.0 Å². The van der Waals surface area contributed by atoms with Crippen LogP contribution < -0.4 is 10.1 Å². The first-order valence-electron chi connectivity index (χ1n) is 9.13. The van der Waals surface area contributed by atoms with Gasteiger partial charge in [-0.1, -0.05) is 11.6 Å². The molecule has 25 heavy (non-hydrogen) atoms. The van der Waals surface area contributed by atoms with Crippen molar-refractivity contribution in [2.24, 2.45) is 5.92 Å². The van der Waals surface area contributed by atoms with Gasteiger partial charge >= 0.3 is 0 Å². The highest BCUT2D eigenvalue weighted by Crippen LogP contribution is 2.27. The number of hydrogen-bond acceptors (Lipinski definition) is 4. The molecule has 0 bridgehead atoms. The van der Waals surface area contributed by atoms with Crippen LogP contribution in [0.2, 0.25) is 5.02 Å². The zero-order chi connectivity index (χ0) is 17.6. The lowest BCUT2D eigenvalue weighted by Crippen LogP contribution is -2.46. The van der Waals surface area contributed by atoms with Crippen molar-refractivity contribution in [1.82, 2.24) is 10.2 Å². The number of halogens is 1. The molecule has 3 rings (SSSR count). The number of nitrogens with zero attached hydrogens (tertiary/aromatic N) is 1. The predicted molar refractivity (Wildman–Crippen MR) is 105 cm³/mol. The molecule has 4 nitrogen and oxygen atoms in total. The van der Waals surface area contributed by atoms with Gasteiger partial charge in [-0.2, -0.15) is 11.8 Å². The van der Waals surface area contributed by atoms with E-state index >= 15 is 0 Å². The maximum Gasteiger partial charge on any atom is 0.223 e. The normalized spacial score (nSPS) is 23.4. The lowest BCUT2D eigenvalue weighted by Gasteiger charge is -2.35. The molecule has 2 atom stereocenters. The van der Waals surface area contributed by atoms with Crippen LogP contribution in [0.4, 0.5) is 0 Å². The number of benzene rings is 1. The van der Waals surface area contributed by atoms with Crippen LogP contribution in [-0.2, 0) is 4.79 Å². The van der Waals surface area contributed by atoms with E-state index in [-0.39, 0.29) is 17.9 Å². The van der Waals surface area contributed by atoms with Gasteiger partial charge in [0.25, 0.3) is 0 Å². The molecule has 2 aliphatic heterocycles. The molecule has 1 aromatic carbocycles. The van der Waals surface area contributed by atoms with Gasteiger partial charge in [0.1, 0.15) is 11.9 Å². The summed E-state index contributed by atoms with van der Waals surface area (Å²) in [6, 6.07) is 8.04. The molecule has 2 heterocycles. The lowest BCUT2D eigenvalue weighted by atomic mass is 9.94. The number of carbonyl (C=O) groups is 1. The molecule has 0 unspecified atom stereocenters. The zero-order valence-electron chi connectivity index (χ0n) is 14.7. The summed E-state index contributed by atoms with van der Waals surface area (Å²) in [6.45, 7) is 4.61. The molecule has 0 radical (unpaired) electrons. The quantitative estimate of drug-likeness (QED) is 0.818. The topological polar surface area (TPSA) is 41.6 Å². The van der Waals surface area contributed by atoms with Gasteiger partial charge in [0.15, 0.2) is 0 Å². The monoisotopic (exact) mass is 382 g/mol. The Balaban J connectivity index is 1.37. The molecule has 138 valence electrons. The van der Waals surface area contributed by atoms with Crippen molar-refractivity contribution in [2.45, 2.75) is 38.3 Å². The first-order valence-corrected chi connectivity index (χ1v) is 10.7. The number of thioether (sulfide) groups is 1. The minimum absolute atomic E-state index is 0.0688. The average molecular weight is 383 g/mol. The zero-order valence-corrected chi connectivity index (χ0v) is 16.3. The van der Waals surface area contributed by atoms with E-state index in [0.29, 0.717) is 11.6 Å². The fourth-order valence-corrected chi connectivity index (χ4v) is 4.89. The van der Waals surface area contributed by atoms with Crippen molar-refractivity contribution < 1.29 is 9.53 Å². The van der Waals surface area contributed by atoms with Gasteiger partial charge < -0.3 is 10.1 Å². The van der Waals surface area contributed by atoms with Crippen molar-refractivity contribution in [3.63, 3.8) is 0 Å². The van der Waals surface area contributed by atoms with Gasteiger partial charge in [0, 0.05) is 22.7 Å². The van der Waals surface area contributed by atoms with Gasteiger partial charge in [-0.3, -0.25) is 9.69 Å². The van der Waals surface area contributed by atoms with E-state index in [1.165, 1.54) is 17.9 Å². The molecule has 0 saturated carbocycles. The minimum atomic E-state index is -0.0688. The van der Waals surface area contributed by atoms with Crippen LogP contribution in [-0.4, -0.2) is 54.1 Å². The summed E-state index contributed by atoms with van der Waals surface area (Å²) in [6.07, 6.45) is 3.18. The molecule has 1 aromatic rings. The number of piperidine rings is 1. The lowest BCUT2D eigenvalue weighted by molar-refractivity contribution is -0.126. The summed E-state index contributed by atoms with van der Waals surface area (Å²) in [5.74, 6) is 3.64. The van der Waals surface area contributed by atoms with E-state index in [4.69, 9.17) is 16.3 Å². The Morgan fingerprint density at radius 3 is 2.68 bits per heavy atom. The first kappa shape index (κ1) is 18.9. The van der Waals surface area contributed by atoms with Crippen LogP contribution in [0, 0.1) is 5.92 Å². The highest BCUT2D eigenvalue weighted by molar-refractivity contribution is 7.99. The number of likely N-dealkylation sites (tertiary alicyclic amines) is 1. The Kier molecular flexibility index (Phi) is 6.91. The molecular weight excluding hydrogens is 356 g/mol. The number of amides is 1. The summed E-state index contributed by atoms with van der Waals surface area (Å²) in [5.41, 5.74) is 0. The van der Waals surface area contributed by atoms with E-state index in [1.54, 1.807) is 12.1 Å². The Morgan fingerprint density at radius 2 is 2.04 bits per heavy atom. The third kappa shape index (κ3) is 5.53. The summed E-state index contributed by atoms with van der Waals surface area (Å²) in [4.78, 5) is 15.0. The largest absolute Gasteiger partial charge is 0.489 e. The van der Waals surface area contributed by atoms with E-state index < -0.39 is 0 Å². The summed E-state index contributed by atoms with van der Waals surface area (Å²) < 4.78 is 5.81. The molecule has 2 aliphatic rings. The first-order chi connectivity index (χ1) is 12.1. The van der Waals surface area contributed by atoms with Gasteiger partial charge in [-0.15, -0.1) is 0 Å². The standard InChI is InChI=1S/C19H27ClN2O2S/c1-14(24-18-4-2-16(20)3-5-18)12-21-19(23)15-6-9-22(10-7-15)17-8-11-25-13-17/h2-5,14-15,17H,6-13H2,1H3,(H,21,23)/t14-,17+/m1/s1. The molecule has 1 N–H and O–H groups in total. The van der Waals surface area contributed by atoms with Crippen molar-refractivity contribution in [1.29, 1.82) is 0 Å². The number of carbonyl (C=O) groups excluding carboxylic acids is 1. The van der Waals surface area contributed by atoms with Crippen LogP contribution in [0.25, 0.3) is 0 Å². The number of ether oxygens (including phenoxy) is 1. The van der Waals surface area contributed by atoms with E-state index in [0.717, 1.165) is 37.7 Å². The molecule has 0 aromatic heterocycles. The van der Waals surface area contributed by atoms with E-state index in [9.17, 15) is 4.79 Å². The fraction of sp³-hybridized carbons (Fsp3) is 0.632. The smallest absolute Gasteiger partial charge is 0.223 e. The van der Waals surface area contributed by atoms with E-state index in [1.807, 2.05) is 19.1 Å². The maximum atomic E-state index is 12.4. The van der Waals surface area contributed by atoms with Crippen molar-refractivity contribution in [3.05, 3.63) is 29.3 Å². The van der Waals surface area contributed by atoms with Gasteiger partial charge in [-0.25, -0.2) is 0 Å². The molecule has 2 fully saturated rings. The van der Waals surface area contributed by atoms with Gasteiger partial charge in [-0.05, 0) is 69.3 Å². The third-order valence-electron chi connectivity index (χ3n) is 5.04. The molecule has 6 heteroatoms. The second kappa shape index (κ2) is 9.15. The summed E-state index contributed by atoms with van der Waals surface area (Å²) in [7, 11) is 0. The highest BCUT2D eigenvalue weighted by Gasteiger charge is 2.30. The third-order valence-corrected chi connectivity index (χ3v) is 6.43. The Labute approximate surface area is 159 Å². The average Bonchev–Trinajstić information content (AvgIpc) is 3.16. The van der Waals surface area contributed by atoms with Gasteiger partial charge in [0.2, 0.25) is 5.91 Å². The Hall–Kier alpha value is -0.910. The maximum absolute atomic E-state index is 12.4. The Bertz CT molecular complexity index is 555. The molecule has 0 spiro atoms. The second-order valence-electron chi connectivity index (χ2n) is 6.96. The van der Waals surface area contributed by atoms with Crippen LogP contribution >= 0.6 is 23.4 Å². The number of nitrogens with one attached hydrogen (secondary N) is 1. The molecule has 2 saturated heterocycles. The summed E-state index contributed by atoms with van der Waals surface area (Å²) >= 11 is 7.92. The molecular formula is C19H27ClN2O2S.